The summed E-state index contributed by atoms with van der Waals surface area (Å²) in [6.45, 7) is 0. The van der Waals surface area contributed by atoms with Gasteiger partial charge in [0, 0.05) is 13.0 Å². The van der Waals surface area contributed by atoms with Crippen LogP contribution in [0.5, 0.6) is 0 Å². The van der Waals surface area contributed by atoms with Crippen LogP contribution in [0.25, 0.3) is 0 Å². The summed E-state index contributed by atoms with van der Waals surface area (Å²) < 4.78 is 4.80. The second kappa shape index (κ2) is 5.51. The van der Waals surface area contributed by atoms with E-state index in [1.165, 1.54) is 26.4 Å². The maximum atomic E-state index is 12.8. The van der Waals surface area contributed by atoms with Crippen LogP contribution in [0.1, 0.15) is 36.0 Å². The molecule has 0 radical (unpaired) electrons. The Kier molecular flexibility index (Phi) is 3.70. The average Bonchev–Trinajstić information content (AvgIpc) is 3.15. The molecule has 2 saturated carbocycles. The van der Waals surface area contributed by atoms with Crippen LogP contribution in [0.15, 0.2) is 24.3 Å². The number of rotatable bonds is 3. The fourth-order valence-electron chi connectivity index (χ4n) is 3.96. The lowest BCUT2D eigenvalue weighted by Crippen LogP contribution is -2.36. The number of para-hydroxylation sites is 1. The van der Waals surface area contributed by atoms with Gasteiger partial charge in [-0.2, -0.15) is 0 Å². The van der Waals surface area contributed by atoms with E-state index >= 15 is 0 Å². The van der Waals surface area contributed by atoms with Crippen molar-refractivity contribution in [2.45, 2.75) is 25.7 Å². The molecule has 2 fully saturated rings. The molecular weight excluding hydrogens is 266 g/mol. The highest BCUT2D eigenvalue weighted by molar-refractivity contribution is 6.03. The van der Waals surface area contributed by atoms with Crippen LogP contribution >= 0.6 is 0 Å². The summed E-state index contributed by atoms with van der Waals surface area (Å²) in [7, 11) is 3.12. The van der Waals surface area contributed by atoms with Gasteiger partial charge in [0.1, 0.15) is 0 Å². The summed E-state index contributed by atoms with van der Waals surface area (Å²) in [4.78, 5) is 26.3. The number of ether oxygens (including phenoxy) is 1. The minimum atomic E-state index is -0.404. The SMILES string of the molecule is COC(=O)c1ccccc1N(C)C(=O)C1CC2CCC1C2. The lowest BCUT2D eigenvalue weighted by molar-refractivity contribution is -0.123. The van der Waals surface area contributed by atoms with Crippen molar-refractivity contribution in [3.05, 3.63) is 29.8 Å². The van der Waals surface area contributed by atoms with Gasteiger partial charge >= 0.3 is 5.97 Å². The fraction of sp³-hybridized carbons (Fsp3) is 0.529. The van der Waals surface area contributed by atoms with Gasteiger partial charge in [0.05, 0.1) is 18.4 Å². The second-order valence-corrected chi connectivity index (χ2v) is 6.19. The van der Waals surface area contributed by atoms with Crippen LogP contribution in [0.3, 0.4) is 0 Å². The third-order valence-corrected chi connectivity index (χ3v) is 5.06. The Morgan fingerprint density at radius 3 is 2.57 bits per heavy atom. The van der Waals surface area contributed by atoms with Crippen molar-refractivity contribution in [3.8, 4) is 0 Å². The zero-order chi connectivity index (χ0) is 15.0. The highest BCUT2D eigenvalue weighted by Gasteiger charge is 2.44. The van der Waals surface area contributed by atoms with Gasteiger partial charge in [-0.3, -0.25) is 4.79 Å². The summed E-state index contributed by atoms with van der Waals surface area (Å²) in [6.07, 6.45) is 4.65. The molecule has 2 bridgehead atoms. The van der Waals surface area contributed by atoms with Gasteiger partial charge in [0.2, 0.25) is 5.91 Å². The average molecular weight is 287 g/mol. The number of hydrogen-bond acceptors (Lipinski definition) is 3. The number of amides is 1. The third kappa shape index (κ3) is 2.43. The minimum absolute atomic E-state index is 0.124. The van der Waals surface area contributed by atoms with E-state index in [1.54, 1.807) is 30.1 Å². The number of benzene rings is 1. The van der Waals surface area contributed by atoms with Crippen LogP contribution in [0.2, 0.25) is 0 Å². The smallest absolute Gasteiger partial charge is 0.339 e. The van der Waals surface area contributed by atoms with Crippen molar-refractivity contribution < 1.29 is 14.3 Å². The highest BCUT2D eigenvalue weighted by Crippen LogP contribution is 2.49. The first-order chi connectivity index (χ1) is 10.1. The largest absolute Gasteiger partial charge is 0.465 e. The van der Waals surface area contributed by atoms with E-state index < -0.39 is 5.97 Å². The van der Waals surface area contributed by atoms with E-state index in [4.69, 9.17) is 4.74 Å². The van der Waals surface area contributed by atoms with E-state index in [9.17, 15) is 9.59 Å². The number of hydrogen-bond donors (Lipinski definition) is 0. The van der Waals surface area contributed by atoms with Gasteiger partial charge in [-0.25, -0.2) is 4.79 Å². The Labute approximate surface area is 125 Å². The van der Waals surface area contributed by atoms with Gasteiger partial charge < -0.3 is 9.64 Å². The highest BCUT2D eigenvalue weighted by atomic mass is 16.5. The van der Waals surface area contributed by atoms with E-state index in [0.29, 0.717) is 17.2 Å². The molecule has 0 aromatic heterocycles. The van der Waals surface area contributed by atoms with Crippen LogP contribution in [-0.4, -0.2) is 26.0 Å². The molecule has 4 nitrogen and oxygen atoms in total. The Hall–Kier alpha value is -1.84. The Morgan fingerprint density at radius 2 is 1.95 bits per heavy atom. The third-order valence-electron chi connectivity index (χ3n) is 5.06. The van der Waals surface area contributed by atoms with Crippen molar-refractivity contribution in [2.75, 3.05) is 19.1 Å². The van der Waals surface area contributed by atoms with Gasteiger partial charge in [0.25, 0.3) is 0 Å². The molecule has 112 valence electrons. The first-order valence-corrected chi connectivity index (χ1v) is 7.56. The lowest BCUT2D eigenvalue weighted by atomic mass is 9.87. The number of esters is 1. The van der Waals surface area contributed by atoms with Crippen LogP contribution in [0.4, 0.5) is 5.69 Å². The summed E-state index contributed by atoms with van der Waals surface area (Å²) >= 11 is 0. The molecule has 0 saturated heterocycles. The number of methoxy groups -OCH3 is 1. The molecule has 4 heteroatoms. The van der Waals surface area contributed by atoms with Crippen molar-refractivity contribution in [3.63, 3.8) is 0 Å². The van der Waals surface area contributed by atoms with Crippen molar-refractivity contribution in [1.82, 2.24) is 0 Å². The van der Waals surface area contributed by atoms with Crippen LogP contribution < -0.4 is 4.90 Å². The maximum absolute atomic E-state index is 12.8. The van der Waals surface area contributed by atoms with Gasteiger partial charge in [-0.15, -0.1) is 0 Å². The zero-order valence-corrected chi connectivity index (χ0v) is 12.5. The first-order valence-electron chi connectivity index (χ1n) is 7.56. The van der Waals surface area contributed by atoms with Gasteiger partial charge in [0.15, 0.2) is 0 Å². The zero-order valence-electron chi connectivity index (χ0n) is 12.5. The Bertz CT molecular complexity index is 569. The summed E-state index contributed by atoms with van der Waals surface area (Å²) in [5, 5.41) is 0. The summed E-state index contributed by atoms with van der Waals surface area (Å²) in [6, 6.07) is 7.13. The standard InChI is InChI=1S/C17H21NO3/c1-18(15-6-4-3-5-13(15)17(20)21-2)16(19)14-10-11-7-8-12(14)9-11/h3-6,11-12,14H,7-10H2,1-2H3. The molecule has 0 spiro atoms. The van der Waals surface area contributed by atoms with Crippen molar-refractivity contribution in [1.29, 1.82) is 0 Å². The predicted molar refractivity (Wildman–Crippen MR) is 80.1 cm³/mol. The number of carbonyl (C=O) groups excluding carboxylic acids is 2. The molecule has 3 unspecified atom stereocenters. The topological polar surface area (TPSA) is 46.6 Å². The first kappa shape index (κ1) is 14.1. The molecule has 2 aliphatic rings. The quantitative estimate of drug-likeness (QED) is 0.803. The van der Waals surface area contributed by atoms with E-state index in [1.807, 2.05) is 6.07 Å². The fourth-order valence-corrected chi connectivity index (χ4v) is 3.96. The van der Waals surface area contributed by atoms with E-state index in [0.717, 1.165) is 12.3 Å². The molecule has 1 aromatic carbocycles. The molecule has 0 aliphatic heterocycles. The lowest BCUT2D eigenvalue weighted by Gasteiger charge is -2.27. The van der Waals surface area contributed by atoms with Crippen LogP contribution in [0, 0.1) is 17.8 Å². The van der Waals surface area contributed by atoms with Crippen LogP contribution in [-0.2, 0) is 9.53 Å². The molecular formula is C17H21NO3. The normalized spacial score (nSPS) is 26.7. The molecule has 0 heterocycles. The molecule has 0 N–H and O–H groups in total. The molecule has 3 atom stereocenters. The van der Waals surface area contributed by atoms with Gasteiger partial charge in [-0.1, -0.05) is 18.6 Å². The van der Waals surface area contributed by atoms with Gasteiger partial charge in [-0.05, 0) is 43.2 Å². The monoisotopic (exact) mass is 287 g/mol. The maximum Gasteiger partial charge on any atom is 0.339 e. The predicted octanol–water partition coefficient (Wildman–Crippen LogP) is 2.87. The molecule has 1 amide bonds. The summed E-state index contributed by atoms with van der Waals surface area (Å²) in [5.74, 6) is 1.12. The number of fused-ring (bicyclic) bond motifs is 2. The number of carbonyl (C=O) groups is 2. The second-order valence-electron chi connectivity index (χ2n) is 6.19. The Morgan fingerprint density at radius 1 is 1.19 bits per heavy atom. The van der Waals surface area contributed by atoms with Crippen molar-refractivity contribution in [2.24, 2.45) is 17.8 Å². The number of nitrogens with zero attached hydrogens (tertiary/aromatic N) is 1. The van der Waals surface area contributed by atoms with E-state index in [-0.39, 0.29) is 11.8 Å². The molecule has 3 rings (SSSR count). The molecule has 1 aromatic rings. The Balaban J connectivity index is 1.83. The van der Waals surface area contributed by atoms with E-state index in [2.05, 4.69) is 0 Å². The number of anilines is 1. The molecule has 2 aliphatic carbocycles. The minimum Gasteiger partial charge on any atom is -0.465 e. The molecule has 21 heavy (non-hydrogen) atoms. The van der Waals surface area contributed by atoms with Crippen molar-refractivity contribution >= 4 is 17.6 Å². The summed E-state index contributed by atoms with van der Waals surface area (Å²) in [5.41, 5.74) is 1.08.